The van der Waals surface area contributed by atoms with Crippen LogP contribution in [0.3, 0.4) is 0 Å². The summed E-state index contributed by atoms with van der Waals surface area (Å²) in [5.74, 6) is -0.152. The van der Waals surface area contributed by atoms with Gasteiger partial charge in [0.1, 0.15) is 5.82 Å². The van der Waals surface area contributed by atoms with Crippen LogP contribution in [-0.2, 0) is 6.18 Å². The van der Waals surface area contributed by atoms with Crippen molar-refractivity contribution in [3.05, 3.63) is 57.7 Å². The van der Waals surface area contributed by atoms with Crippen molar-refractivity contribution < 1.29 is 18.0 Å². The molecule has 0 radical (unpaired) electrons. The van der Waals surface area contributed by atoms with Gasteiger partial charge in [0.05, 0.1) is 5.69 Å². The zero-order valence-corrected chi connectivity index (χ0v) is 15.7. The molecular weight excluding hydrogens is 399 g/mol. The number of hydrogen-bond acceptors (Lipinski definition) is 3. The summed E-state index contributed by atoms with van der Waals surface area (Å²) in [5, 5.41) is 0. The fraction of sp³-hybridized carbons (Fsp3) is 0.294. The van der Waals surface area contributed by atoms with Gasteiger partial charge in [-0.1, -0.05) is 15.9 Å². The molecule has 0 amide bonds. The maximum absolute atomic E-state index is 12.9. The SMILES string of the molecule is CC(=CC(=O)c1cc(Br)ccc1-n1cc(C(F)(F)F)nc1C)N(C)C. The molecule has 0 atom stereocenters. The van der Waals surface area contributed by atoms with Crippen molar-refractivity contribution in [1.29, 1.82) is 0 Å². The Bertz CT molecular complexity index is 838. The number of alkyl halides is 3. The fourth-order valence-electron chi connectivity index (χ4n) is 2.17. The average Bonchev–Trinajstić information content (AvgIpc) is 2.89. The molecule has 0 fully saturated rings. The molecule has 1 heterocycles. The molecule has 8 heteroatoms. The highest BCUT2D eigenvalue weighted by atomic mass is 79.9. The molecule has 0 aliphatic rings. The zero-order chi connectivity index (χ0) is 18.9. The van der Waals surface area contributed by atoms with E-state index in [1.807, 2.05) is 0 Å². The molecule has 134 valence electrons. The minimum absolute atomic E-state index is 0.150. The monoisotopic (exact) mass is 415 g/mol. The van der Waals surface area contributed by atoms with Crippen molar-refractivity contribution in [3.63, 3.8) is 0 Å². The molecule has 1 aromatic heterocycles. The number of aryl methyl sites for hydroxylation is 1. The Morgan fingerprint density at radius 3 is 2.48 bits per heavy atom. The molecule has 0 spiro atoms. The lowest BCUT2D eigenvalue weighted by atomic mass is 10.1. The number of halogens is 4. The van der Waals surface area contributed by atoms with Crippen LogP contribution in [0.25, 0.3) is 5.69 Å². The number of benzene rings is 1. The van der Waals surface area contributed by atoms with Crippen LogP contribution in [0.15, 0.2) is 40.6 Å². The van der Waals surface area contributed by atoms with E-state index in [0.29, 0.717) is 10.2 Å². The van der Waals surface area contributed by atoms with Gasteiger partial charge in [-0.05, 0) is 32.0 Å². The van der Waals surface area contributed by atoms with E-state index in [9.17, 15) is 18.0 Å². The van der Waals surface area contributed by atoms with Crippen LogP contribution in [0.5, 0.6) is 0 Å². The Labute approximate surface area is 152 Å². The van der Waals surface area contributed by atoms with Crippen LogP contribution in [0, 0.1) is 6.92 Å². The van der Waals surface area contributed by atoms with E-state index in [-0.39, 0.29) is 17.2 Å². The van der Waals surface area contributed by atoms with Gasteiger partial charge in [-0.3, -0.25) is 4.79 Å². The summed E-state index contributed by atoms with van der Waals surface area (Å²) >= 11 is 3.30. The van der Waals surface area contributed by atoms with E-state index >= 15 is 0 Å². The Kier molecular flexibility index (Phi) is 5.41. The molecule has 0 N–H and O–H groups in total. The van der Waals surface area contributed by atoms with E-state index in [1.165, 1.54) is 17.6 Å². The van der Waals surface area contributed by atoms with Gasteiger partial charge in [-0.2, -0.15) is 13.2 Å². The third-order valence-electron chi connectivity index (χ3n) is 3.70. The van der Waals surface area contributed by atoms with Gasteiger partial charge in [0.15, 0.2) is 11.5 Å². The van der Waals surface area contributed by atoms with Crippen LogP contribution >= 0.6 is 15.9 Å². The van der Waals surface area contributed by atoms with Gasteiger partial charge in [0.2, 0.25) is 0 Å². The van der Waals surface area contributed by atoms with Gasteiger partial charge >= 0.3 is 6.18 Å². The minimum Gasteiger partial charge on any atom is -0.381 e. The molecule has 0 aliphatic carbocycles. The van der Waals surface area contributed by atoms with Crippen molar-refractivity contribution in [2.75, 3.05) is 14.1 Å². The normalized spacial score (nSPS) is 12.4. The number of imidazole rings is 1. The average molecular weight is 416 g/mol. The summed E-state index contributed by atoms with van der Waals surface area (Å²) in [7, 11) is 3.60. The molecule has 0 bridgehead atoms. The summed E-state index contributed by atoms with van der Waals surface area (Å²) in [6.07, 6.45) is -2.20. The second kappa shape index (κ2) is 7.03. The van der Waals surface area contributed by atoms with Crippen LogP contribution in [0.4, 0.5) is 13.2 Å². The molecule has 25 heavy (non-hydrogen) atoms. The number of carbonyl (C=O) groups excluding carboxylic acids is 1. The van der Waals surface area contributed by atoms with Crippen molar-refractivity contribution in [2.24, 2.45) is 0 Å². The largest absolute Gasteiger partial charge is 0.434 e. The lowest BCUT2D eigenvalue weighted by molar-refractivity contribution is -0.141. The number of aromatic nitrogens is 2. The van der Waals surface area contributed by atoms with Crippen molar-refractivity contribution in [1.82, 2.24) is 14.5 Å². The first-order chi connectivity index (χ1) is 11.5. The second-order valence-electron chi connectivity index (χ2n) is 5.75. The third-order valence-corrected chi connectivity index (χ3v) is 4.19. The molecular formula is C17H17BrF3N3O. The summed E-state index contributed by atoms with van der Waals surface area (Å²) in [5.41, 5.74) is 0.363. The number of hydrogen-bond donors (Lipinski definition) is 0. The predicted octanol–water partition coefficient (Wildman–Crippen LogP) is 4.61. The van der Waals surface area contributed by atoms with Gasteiger partial charge in [0.25, 0.3) is 0 Å². The molecule has 0 aliphatic heterocycles. The molecule has 0 saturated heterocycles. The van der Waals surface area contributed by atoms with Crippen molar-refractivity contribution in [3.8, 4) is 5.69 Å². The molecule has 2 aromatic rings. The molecule has 0 unspecified atom stereocenters. The highest BCUT2D eigenvalue weighted by Gasteiger charge is 2.34. The first kappa shape index (κ1) is 19.2. The lowest BCUT2D eigenvalue weighted by Crippen LogP contribution is -2.11. The Balaban J connectivity index is 2.59. The van der Waals surface area contributed by atoms with E-state index in [1.54, 1.807) is 44.1 Å². The van der Waals surface area contributed by atoms with Gasteiger partial charge in [0, 0.05) is 42.1 Å². The summed E-state index contributed by atoms with van der Waals surface area (Å²) < 4.78 is 40.7. The van der Waals surface area contributed by atoms with Crippen LogP contribution < -0.4 is 0 Å². The van der Waals surface area contributed by atoms with Gasteiger partial charge in [-0.25, -0.2) is 4.98 Å². The lowest BCUT2D eigenvalue weighted by Gasteiger charge is -2.14. The first-order valence-electron chi connectivity index (χ1n) is 7.33. The van der Waals surface area contributed by atoms with E-state index < -0.39 is 11.9 Å². The van der Waals surface area contributed by atoms with Crippen molar-refractivity contribution in [2.45, 2.75) is 20.0 Å². The Morgan fingerprint density at radius 2 is 1.96 bits per heavy atom. The Hall–Kier alpha value is -2.09. The van der Waals surface area contributed by atoms with Crippen LogP contribution in [0.2, 0.25) is 0 Å². The summed E-state index contributed by atoms with van der Waals surface area (Å²) in [6.45, 7) is 3.24. The third kappa shape index (κ3) is 4.31. The minimum atomic E-state index is -4.54. The van der Waals surface area contributed by atoms with Crippen LogP contribution in [0.1, 0.15) is 28.8 Å². The maximum atomic E-state index is 12.9. The summed E-state index contributed by atoms with van der Waals surface area (Å²) in [4.78, 5) is 18.0. The maximum Gasteiger partial charge on any atom is 0.434 e. The standard InChI is InChI=1S/C17H17BrF3N3O/c1-10(23(3)4)7-15(25)13-8-12(18)5-6-14(13)24-9-16(17(19,20)21)22-11(24)2/h5-9H,1-4H3. The molecule has 4 nitrogen and oxygen atoms in total. The first-order valence-corrected chi connectivity index (χ1v) is 8.13. The number of nitrogens with zero attached hydrogens (tertiary/aromatic N) is 3. The number of rotatable bonds is 4. The van der Waals surface area contributed by atoms with E-state index in [2.05, 4.69) is 20.9 Å². The Morgan fingerprint density at radius 1 is 1.32 bits per heavy atom. The number of allylic oxidation sites excluding steroid dienone is 2. The molecule has 1 aromatic carbocycles. The zero-order valence-electron chi connectivity index (χ0n) is 14.1. The quantitative estimate of drug-likeness (QED) is 0.540. The highest BCUT2D eigenvalue weighted by Crippen LogP contribution is 2.30. The molecule has 2 rings (SSSR count). The molecule has 0 saturated carbocycles. The summed E-state index contributed by atoms with van der Waals surface area (Å²) in [6, 6.07) is 4.84. The van der Waals surface area contributed by atoms with Crippen molar-refractivity contribution >= 4 is 21.7 Å². The fourth-order valence-corrected chi connectivity index (χ4v) is 2.53. The van der Waals surface area contributed by atoms with Crippen LogP contribution in [-0.4, -0.2) is 34.3 Å². The van der Waals surface area contributed by atoms with E-state index in [0.717, 1.165) is 11.9 Å². The topological polar surface area (TPSA) is 38.1 Å². The number of ketones is 1. The van der Waals surface area contributed by atoms with E-state index in [4.69, 9.17) is 0 Å². The predicted molar refractivity (Wildman–Crippen MR) is 92.8 cm³/mol. The smallest absolute Gasteiger partial charge is 0.381 e. The van der Waals surface area contributed by atoms with Gasteiger partial charge in [-0.15, -0.1) is 0 Å². The number of carbonyl (C=O) groups is 1. The second-order valence-corrected chi connectivity index (χ2v) is 6.66. The van der Waals surface area contributed by atoms with Gasteiger partial charge < -0.3 is 9.47 Å². The highest BCUT2D eigenvalue weighted by molar-refractivity contribution is 9.10.